The van der Waals surface area contributed by atoms with Crippen LogP contribution in [-0.2, 0) is 6.54 Å². The standard InChI is InChI=1S/C21H21FN4O/c22-17-8-2-1-6-15(17)13-26-11-5-7-16(14-26)21-24-19(12-20(27)25-21)18-9-3-4-10-23-18/h1-4,6,8-10,12,16H,5,7,11,13-14H2,(H,24,25,27)/t16-/m1/s1. The van der Waals surface area contributed by atoms with E-state index in [0.29, 0.717) is 29.3 Å². The number of rotatable bonds is 4. The number of aromatic amines is 1. The molecule has 1 aliphatic rings. The van der Waals surface area contributed by atoms with Gasteiger partial charge < -0.3 is 4.98 Å². The fourth-order valence-corrected chi connectivity index (χ4v) is 3.61. The number of H-pyrrole nitrogens is 1. The minimum atomic E-state index is -0.177. The predicted molar refractivity (Wildman–Crippen MR) is 102 cm³/mol. The van der Waals surface area contributed by atoms with Gasteiger partial charge in [0.25, 0.3) is 5.56 Å². The third kappa shape index (κ3) is 4.11. The van der Waals surface area contributed by atoms with E-state index >= 15 is 0 Å². The van der Waals surface area contributed by atoms with Crippen LogP contribution in [0.15, 0.2) is 59.5 Å². The minimum absolute atomic E-state index is 0.113. The zero-order valence-electron chi connectivity index (χ0n) is 14.9. The molecule has 3 heterocycles. The summed E-state index contributed by atoms with van der Waals surface area (Å²) in [7, 11) is 0. The van der Waals surface area contributed by atoms with Crippen molar-refractivity contribution in [3.8, 4) is 11.4 Å². The van der Waals surface area contributed by atoms with Crippen molar-refractivity contribution in [1.29, 1.82) is 0 Å². The number of nitrogens with zero attached hydrogens (tertiary/aromatic N) is 3. The Morgan fingerprint density at radius 3 is 2.81 bits per heavy atom. The quantitative estimate of drug-likeness (QED) is 0.771. The summed E-state index contributed by atoms with van der Waals surface area (Å²) in [5.41, 5.74) is 1.79. The number of halogens is 1. The predicted octanol–water partition coefficient (Wildman–Crippen LogP) is 3.35. The van der Waals surface area contributed by atoms with E-state index in [9.17, 15) is 9.18 Å². The Morgan fingerprint density at radius 2 is 2.00 bits per heavy atom. The fraction of sp³-hybridized carbons (Fsp3) is 0.286. The van der Waals surface area contributed by atoms with Gasteiger partial charge in [-0.05, 0) is 37.6 Å². The molecule has 3 aromatic rings. The number of aromatic nitrogens is 3. The molecule has 0 saturated carbocycles. The lowest BCUT2D eigenvalue weighted by Gasteiger charge is -2.32. The number of hydrogen-bond donors (Lipinski definition) is 1. The van der Waals surface area contributed by atoms with Crippen LogP contribution in [0.3, 0.4) is 0 Å². The van der Waals surface area contributed by atoms with Crippen molar-refractivity contribution in [3.63, 3.8) is 0 Å². The van der Waals surface area contributed by atoms with E-state index in [0.717, 1.165) is 25.9 Å². The second kappa shape index (κ2) is 7.80. The van der Waals surface area contributed by atoms with Crippen molar-refractivity contribution in [1.82, 2.24) is 19.9 Å². The van der Waals surface area contributed by atoms with E-state index in [1.165, 1.54) is 12.1 Å². The Balaban J connectivity index is 1.55. The zero-order valence-corrected chi connectivity index (χ0v) is 14.9. The highest BCUT2D eigenvalue weighted by molar-refractivity contribution is 5.52. The lowest BCUT2D eigenvalue weighted by molar-refractivity contribution is 0.194. The van der Waals surface area contributed by atoms with Crippen molar-refractivity contribution in [2.75, 3.05) is 13.1 Å². The number of hydrogen-bond acceptors (Lipinski definition) is 4. The van der Waals surface area contributed by atoms with E-state index < -0.39 is 0 Å². The fourth-order valence-electron chi connectivity index (χ4n) is 3.61. The molecule has 0 radical (unpaired) electrons. The van der Waals surface area contributed by atoms with Crippen LogP contribution in [0.5, 0.6) is 0 Å². The summed E-state index contributed by atoms with van der Waals surface area (Å²) in [5.74, 6) is 0.617. The van der Waals surface area contributed by atoms with Crippen molar-refractivity contribution in [2.45, 2.75) is 25.3 Å². The zero-order chi connectivity index (χ0) is 18.6. The summed E-state index contributed by atoms with van der Waals surface area (Å²) < 4.78 is 14.0. The minimum Gasteiger partial charge on any atom is -0.310 e. The van der Waals surface area contributed by atoms with Gasteiger partial charge in [0.15, 0.2) is 0 Å². The van der Waals surface area contributed by atoms with Crippen molar-refractivity contribution in [2.24, 2.45) is 0 Å². The molecule has 1 aliphatic heterocycles. The average Bonchev–Trinajstić information content (AvgIpc) is 2.70. The first-order chi connectivity index (χ1) is 13.2. The Labute approximate surface area is 156 Å². The van der Waals surface area contributed by atoms with E-state index in [1.807, 2.05) is 30.3 Å². The average molecular weight is 364 g/mol. The molecular formula is C21H21FN4O. The monoisotopic (exact) mass is 364 g/mol. The highest BCUT2D eigenvalue weighted by Gasteiger charge is 2.24. The normalized spacial score (nSPS) is 17.7. The second-order valence-electron chi connectivity index (χ2n) is 6.90. The highest BCUT2D eigenvalue weighted by atomic mass is 19.1. The third-order valence-corrected chi connectivity index (χ3v) is 4.93. The maximum absolute atomic E-state index is 14.0. The Morgan fingerprint density at radius 1 is 1.15 bits per heavy atom. The molecule has 1 N–H and O–H groups in total. The van der Waals surface area contributed by atoms with E-state index in [2.05, 4.69) is 19.9 Å². The van der Waals surface area contributed by atoms with Gasteiger partial charge in [-0.25, -0.2) is 9.37 Å². The van der Waals surface area contributed by atoms with Crippen LogP contribution in [0.25, 0.3) is 11.4 Å². The lowest BCUT2D eigenvalue weighted by atomic mass is 9.96. The molecule has 138 valence electrons. The molecule has 4 rings (SSSR count). The van der Waals surface area contributed by atoms with Gasteiger partial charge >= 0.3 is 0 Å². The van der Waals surface area contributed by atoms with Crippen LogP contribution in [0.1, 0.15) is 30.1 Å². The maximum Gasteiger partial charge on any atom is 0.251 e. The molecule has 1 aromatic carbocycles. The van der Waals surface area contributed by atoms with Crippen LogP contribution >= 0.6 is 0 Å². The van der Waals surface area contributed by atoms with Crippen LogP contribution in [0, 0.1) is 5.82 Å². The van der Waals surface area contributed by atoms with Crippen LogP contribution in [0.2, 0.25) is 0 Å². The first kappa shape index (κ1) is 17.5. The van der Waals surface area contributed by atoms with Crippen LogP contribution in [-0.4, -0.2) is 32.9 Å². The molecule has 6 heteroatoms. The smallest absolute Gasteiger partial charge is 0.251 e. The van der Waals surface area contributed by atoms with Crippen molar-refractivity contribution < 1.29 is 4.39 Å². The van der Waals surface area contributed by atoms with Gasteiger partial charge in [-0.2, -0.15) is 0 Å². The van der Waals surface area contributed by atoms with Gasteiger partial charge in [-0.1, -0.05) is 24.3 Å². The van der Waals surface area contributed by atoms with E-state index in [1.54, 1.807) is 12.3 Å². The summed E-state index contributed by atoms with van der Waals surface area (Å²) in [5, 5.41) is 0. The Hall–Kier alpha value is -2.86. The number of benzene rings is 1. The van der Waals surface area contributed by atoms with Gasteiger partial charge in [-0.15, -0.1) is 0 Å². The first-order valence-electron chi connectivity index (χ1n) is 9.17. The number of pyridine rings is 1. The second-order valence-corrected chi connectivity index (χ2v) is 6.90. The summed E-state index contributed by atoms with van der Waals surface area (Å²) in [6.07, 6.45) is 3.62. The molecule has 0 bridgehead atoms. The Kier molecular flexibility index (Phi) is 5.07. The SMILES string of the molecule is O=c1cc(-c2ccccn2)nc([C@@H]2CCCN(Cc3ccccc3F)C2)[nH]1. The number of piperidine rings is 1. The van der Waals surface area contributed by atoms with Crippen molar-refractivity contribution >= 4 is 0 Å². The van der Waals surface area contributed by atoms with Crippen LogP contribution < -0.4 is 5.56 Å². The van der Waals surface area contributed by atoms with Gasteiger partial charge in [0.2, 0.25) is 0 Å². The molecule has 1 fully saturated rings. The third-order valence-electron chi connectivity index (χ3n) is 4.93. The maximum atomic E-state index is 14.0. The van der Waals surface area contributed by atoms with Gasteiger partial charge in [-0.3, -0.25) is 14.7 Å². The number of nitrogens with one attached hydrogen (secondary N) is 1. The molecule has 2 aromatic heterocycles. The molecule has 0 spiro atoms. The lowest BCUT2D eigenvalue weighted by Crippen LogP contribution is -2.35. The number of likely N-dealkylation sites (tertiary alicyclic amines) is 1. The molecule has 27 heavy (non-hydrogen) atoms. The van der Waals surface area contributed by atoms with E-state index in [4.69, 9.17) is 0 Å². The van der Waals surface area contributed by atoms with Gasteiger partial charge in [0.1, 0.15) is 11.6 Å². The molecular weight excluding hydrogens is 343 g/mol. The van der Waals surface area contributed by atoms with Gasteiger partial charge in [0, 0.05) is 36.8 Å². The molecule has 0 aliphatic carbocycles. The van der Waals surface area contributed by atoms with Gasteiger partial charge in [0.05, 0.1) is 11.4 Å². The molecule has 0 amide bonds. The summed E-state index contributed by atoms with van der Waals surface area (Å²) in [6, 6.07) is 13.9. The summed E-state index contributed by atoms with van der Waals surface area (Å²) in [6.45, 7) is 2.21. The molecule has 1 saturated heterocycles. The van der Waals surface area contributed by atoms with Crippen molar-refractivity contribution in [3.05, 3.63) is 82.3 Å². The van der Waals surface area contributed by atoms with E-state index in [-0.39, 0.29) is 17.3 Å². The summed E-state index contributed by atoms with van der Waals surface area (Å²) >= 11 is 0. The molecule has 0 unspecified atom stereocenters. The molecule has 5 nitrogen and oxygen atoms in total. The first-order valence-corrected chi connectivity index (χ1v) is 9.17. The topological polar surface area (TPSA) is 61.9 Å². The summed E-state index contributed by atoms with van der Waals surface area (Å²) in [4.78, 5) is 26.2. The largest absolute Gasteiger partial charge is 0.310 e. The molecule has 1 atom stereocenters. The Bertz CT molecular complexity index is 973. The van der Waals surface area contributed by atoms with Crippen LogP contribution in [0.4, 0.5) is 4.39 Å². The highest BCUT2D eigenvalue weighted by Crippen LogP contribution is 2.26.